The minimum absolute atomic E-state index is 0.105. The van der Waals surface area contributed by atoms with Gasteiger partial charge in [0.15, 0.2) is 5.78 Å². The standard InChI is InChI=1S/C29H23NO2S/c1-19-7-2-4-11-25(19)29(32)30-23-9-6-10-24(17-23)33-18-28(31)21-13-14-27-22(16-21)15-20-8-3-5-12-26(20)27/h2-14,16-17H,15,18H2,1H3,(H,30,32). The van der Waals surface area contributed by atoms with E-state index in [9.17, 15) is 9.59 Å². The van der Waals surface area contributed by atoms with Gasteiger partial charge in [-0.3, -0.25) is 9.59 Å². The zero-order valence-electron chi connectivity index (χ0n) is 18.3. The monoisotopic (exact) mass is 449 g/mol. The molecule has 3 nitrogen and oxygen atoms in total. The van der Waals surface area contributed by atoms with Crippen molar-refractivity contribution >= 4 is 29.1 Å². The number of carbonyl (C=O) groups excluding carboxylic acids is 2. The largest absolute Gasteiger partial charge is 0.322 e. The molecule has 4 heteroatoms. The second kappa shape index (κ2) is 9.08. The fraction of sp³-hybridized carbons (Fsp3) is 0.103. The van der Waals surface area contributed by atoms with Crippen molar-refractivity contribution in [2.24, 2.45) is 0 Å². The van der Waals surface area contributed by atoms with E-state index >= 15 is 0 Å². The van der Waals surface area contributed by atoms with Crippen LogP contribution in [0, 0.1) is 6.92 Å². The third-order valence-electron chi connectivity index (χ3n) is 5.97. The molecule has 0 atom stereocenters. The molecule has 0 fully saturated rings. The Bertz CT molecular complexity index is 1380. The topological polar surface area (TPSA) is 46.2 Å². The Morgan fingerprint density at radius 3 is 2.48 bits per heavy atom. The van der Waals surface area contributed by atoms with Gasteiger partial charge in [-0.15, -0.1) is 11.8 Å². The molecule has 0 saturated heterocycles. The number of thioether (sulfide) groups is 1. The first-order valence-corrected chi connectivity index (χ1v) is 11.9. The van der Waals surface area contributed by atoms with Crippen LogP contribution in [-0.2, 0) is 6.42 Å². The van der Waals surface area contributed by atoms with Gasteiger partial charge in [0.05, 0.1) is 5.75 Å². The summed E-state index contributed by atoms with van der Waals surface area (Å²) in [5, 5.41) is 2.96. The lowest BCUT2D eigenvalue weighted by atomic mass is 10.0. The van der Waals surface area contributed by atoms with Crippen LogP contribution in [-0.4, -0.2) is 17.4 Å². The molecule has 4 aromatic carbocycles. The maximum absolute atomic E-state index is 12.9. The molecule has 5 rings (SSSR count). The molecule has 1 N–H and O–H groups in total. The number of fused-ring (bicyclic) bond motifs is 3. The Hall–Kier alpha value is -3.63. The van der Waals surface area contributed by atoms with Gasteiger partial charge in [-0.1, -0.05) is 60.7 Å². The minimum Gasteiger partial charge on any atom is -0.322 e. The molecule has 0 spiro atoms. The molecule has 0 unspecified atom stereocenters. The Kier molecular flexibility index (Phi) is 5.84. The molecular weight excluding hydrogens is 426 g/mol. The summed E-state index contributed by atoms with van der Waals surface area (Å²) < 4.78 is 0. The molecule has 162 valence electrons. The summed E-state index contributed by atoms with van der Waals surface area (Å²) in [5.74, 6) is 0.319. The summed E-state index contributed by atoms with van der Waals surface area (Å²) in [5.41, 5.74) is 8.09. The van der Waals surface area contributed by atoms with Crippen LogP contribution in [0.25, 0.3) is 11.1 Å². The number of anilines is 1. The molecule has 0 bridgehead atoms. The van der Waals surface area contributed by atoms with Crippen LogP contribution in [0.3, 0.4) is 0 Å². The van der Waals surface area contributed by atoms with Crippen molar-refractivity contribution in [3.63, 3.8) is 0 Å². The first-order chi connectivity index (χ1) is 16.1. The molecule has 1 aliphatic rings. The zero-order chi connectivity index (χ0) is 22.8. The second-order valence-electron chi connectivity index (χ2n) is 8.21. The molecule has 33 heavy (non-hydrogen) atoms. The fourth-order valence-corrected chi connectivity index (χ4v) is 5.09. The van der Waals surface area contributed by atoms with E-state index in [0.717, 1.165) is 28.1 Å². The summed E-state index contributed by atoms with van der Waals surface area (Å²) in [6.45, 7) is 1.92. The highest BCUT2D eigenvalue weighted by molar-refractivity contribution is 8.00. The zero-order valence-corrected chi connectivity index (χ0v) is 19.1. The normalized spacial score (nSPS) is 11.5. The lowest BCUT2D eigenvalue weighted by molar-refractivity contribution is 0.101. The number of carbonyl (C=O) groups is 2. The van der Waals surface area contributed by atoms with E-state index in [1.807, 2.05) is 67.6 Å². The van der Waals surface area contributed by atoms with Crippen molar-refractivity contribution in [3.8, 4) is 11.1 Å². The van der Waals surface area contributed by atoms with Gasteiger partial charge < -0.3 is 5.32 Å². The van der Waals surface area contributed by atoms with Gasteiger partial charge in [0.2, 0.25) is 0 Å². The van der Waals surface area contributed by atoms with Crippen molar-refractivity contribution in [2.45, 2.75) is 18.2 Å². The van der Waals surface area contributed by atoms with Crippen LogP contribution >= 0.6 is 11.8 Å². The van der Waals surface area contributed by atoms with Crippen LogP contribution in [0.1, 0.15) is 37.4 Å². The average Bonchev–Trinajstić information content (AvgIpc) is 3.21. The SMILES string of the molecule is Cc1ccccc1C(=O)Nc1cccc(SCC(=O)c2ccc3c(c2)Cc2ccccc2-3)c1. The highest BCUT2D eigenvalue weighted by Gasteiger charge is 2.19. The predicted molar refractivity (Wildman–Crippen MR) is 135 cm³/mol. The van der Waals surface area contributed by atoms with E-state index in [4.69, 9.17) is 0 Å². The highest BCUT2D eigenvalue weighted by atomic mass is 32.2. The third-order valence-corrected chi connectivity index (χ3v) is 6.96. The van der Waals surface area contributed by atoms with E-state index in [1.165, 1.54) is 34.0 Å². The molecule has 4 aromatic rings. The van der Waals surface area contributed by atoms with Crippen molar-refractivity contribution in [3.05, 3.63) is 119 Å². The number of hydrogen-bond acceptors (Lipinski definition) is 3. The fourth-order valence-electron chi connectivity index (χ4n) is 4.24. The maximum atomic E-state index is 12.9. The number of ketones is 1. The number of benzene rings is 4. The Morgan fingerprint density at radius 1 is 0.818 bits per heavy atom. The van der Waals surface area contributed by atoms with Gasteiger partial charge >= 0.3 is 0 Å². The van der Waals surface area contributed by atoms with E-state index in [2.05, 4.69) is 35.6 Å². The lowest BCUT2D eigenvalue weighted by Gasteiger charge is -2.09. The van der Waals surface area contributed by atoms with E-state index in [1.54, 1.807) is 0 Å². The quantitative estimate of drug-likeness (QED) is 0.229. The summed E-state index contributed by atoms with van der Waals surface area (Å²) in [6, 6.07) is 29.6. The van der Waals surface area contributed by atoms with Crippen molar-refractivity contribution in [1.29, 1.82) is 0 Å². The smallest absolute Gasteiger partial charge is 0.255 e. The third kappa shape index (κ3) is 4.48. The Labute approximate surface area is 197 Å². The molecule has 0 aromatic heterocycles. The average molecular weight is 450 g/mol. The van der Waals surface area contributed by atoms with Crippen molar-refractivity contribution in [2.75, 3.05) is 11.1 Å². The number of hydrogen-bond donors (Lipinski definition) is 1. The van der Waals surface area contributed by atoms with E-state index < -0.39 is 0 Å². The predicted octanol–water partition coefficient (Wildman–Crippen LogP) is 6.79. The van der Waals surface area contributed by atoms with Gasteiger partial charge in [-0.2, -0.15) is 0 Å². The molecule has 1 amide bonds. The van der Waals surface area contributed by atoms with Gasteiger partial charge in [0, 0.05) is 21.7 Å². The maximum Gasteiger partial charge on any atom is 0.255 e. The molecule has 0 radical (unpaired) electrons. The first kappa shape index (κ1) is 21.2. The van der Waals surface area contributed by atoms with E-state index in [0.29, 0.717) is 11.3 Å². The summed E-state index contributed by atoms with van der Waals surface area (Å²) in [6.07, 6.45) is 0.877. The van der Waals surface area contributed by atoms with Gasteiger partial charge in [-0.05, 0) is 71.5 Å². The van der Waals surface area contributed by atoms with Gasteiger partial charge in [-0.25, -0.2) is 0 Å². The number of nitrogens with one attached hydrogen (secondary N) is 1. The van der Waals surface area contributed by atoms with Crippen LogP contribution in [0.4, 0.5) is 5.69 Å². The Balaban J connectivity index is 1.24. The number of amides is 1. The molecule has 1 aliphatic carbocycles. The number of aryl methyl sites for hydroxylation is 1. The first-order valence-electron chi connectivity index (χ1n) is 10.9. The Morgan fingerprint density at radius 2 is 1.61 bits per heavy atom. The second-order valence-corrected chi connectivity index (χ2v) is 9.26. The van der Waals surface area contributed by atoms with Crippen LogP contribution < -0.4 is 5.32 Å². The number of Topliss-reactive ketones (excluding diaryl/α,β-unsaturated/α-hetero) is 1. The van der Waals surface area contributed by atoms with Crippen LogP contribution in [0.15, 0.2) is 95.9 Å². The number of rotatable bonds is 6. The molecular formula is C29H23NO2S. The van der Waals surface area contributed by atoms with Crippen LogP contribution in [0.5, 0.6) is 0 Å². The molecule has 0 aliphatic heterocycles. The summed E-state index contributed by atoms with van der Waals surface area (Å²) in [7, 11) is 0. The van der Waals surface area contributed by atoms with Crippen molar-refractivity contribution < 1.29 is 9.59 Å². The minimum atomic E-state index is -0.134. The van der Waals surface area contributed by atoms with Crippen molar-refractivity contribution in [1.82, 2.24) is 0 Å². The lowest BCUT2D eigenvalue weighted by Crippen LogP contribution is -2.13. The van der Waals surface area contributed by atoms with Gasteiger partial charge in [0.1, 0.15) is 0 Å². The van der Waals surface area contributed by atoms with Gasteiger partial charge in [0.25, 0.3) is 5.91 Å². The summed E-state index contributed by atoms with van der Waals surface area (Å²) >= 11 is 1.48. The molecule has 0 heterocycles. The van der Waals surface area contributed by atoms with Crippen LogP contribution in [0.2, 0.25) is 0 Å². The molecule has 0 saturated carbocycles. The summed E-state index contributed by atoms with van der Waals surface area (Å²) in [4.78, 5) is 26.4. The van der Waals surface area contributed by atoms with E-state index in [-0.39, 0.29) is 11.7 Å². The highest BCUT2D eigenvalue weighted by Crippen LogP contribution is 2.37.